The van der Waals surface area contributed by atoms with Crippen molar-refractivity contribution in [3.8, 4) is 0 Å². The van der Waals surface area contributed by atoms with Crippen molar-refractivity contribution in [3.63, 3.8) is 0 Å². The smallest absolute Gasteiger partial charge is 0.548 e. The van der Waals surface area contributed by atoms with Crippen molar-refractivity contribution < 1.29 is 93.9 Å². The van der Waals surface area contributed by atoms with Crippen LogP contribution in [0.2, 0.25) is 0 Å². The van der Waals surface area contributed by atoms with Crippen LogP contribution >= 0.6 is 0 Å². The fraction of sp³-hybridized carbons (Fsp3) is 0.667. The number of aliphatic carboxylic acids is 3. The Kier molecular flexibility index (Phi) is 27.7. The van der Waals surface area contributed by atoms with Gasteiger partial charge >= 0.3 is 35.6 Å². The minimum Gasteiger partial charge on any atom is -0.548 e. The standard InChI is InChI=1S/3C6H11NO4.La/c3*1-7(2)5(8)3-11-4-6(9)10;/h3*3-4H2,1-2H3,(H,9,10);/q;;;+3/p-3. The molecule has 34 heavy (non-hydrogen) atoms. The SMILES string of the molecule is CN(C)C(=O)COCC(=O)[O-].CN(C)C(=O)COCC(=O)[O-].CN(C)C(=O)COCC(=O)[O-].[La+3]. The molecule has 0 atom stereocenters. The number of hydrogen-bond donors (Lipinski definition) is 0. The number of carbonyl (C=O) groups is 6. The number of hydrogen-bond acceptors (Lipinski definition) is 12. The summed E-state index contributed by atoms with van der Waals surface area (Å²) in [5.41, 5.74) is 0. The molecule has 0 aromatic carbocycles. The summed E-state index contributed by atoms with van der Waals surface area (Å²) >= 11 is 0. The first-order valence-corrected chi connectivity index (χ1v) is 9.04. The average molecular weight is 619 g/mol. The van der Waals surface area contributed by atoms with Crippen molar-refractivity contribution in [1.82, 2.24) is 14.7 Å². The van der Waals surface area contributed by atoms with E-state index in [1.54, 1.807) is 42.3 Å². The maximum absolute atomic E-state index is 10.7. The molecule has 0 unspecified atom stereocenters. The van der Waals surface area contributed by atoms with Crippen LogP contribution in [0.3, 0.4) is 0 Å². The van der Waals surface area contributed by atoms with Crippen molar-refractivity contribution in [2.24, 2.45) is 0 Å². The van der Waals surface area contributed by atoms with Gasteiger partial charge in [0.15, 0.2) is 0 Å². The largest absolute Gasteiger partial charge is 3.00 e. The molecule has 0 radical (unpaired) electrons. The molecule has 192 valence electrons. The van der Waals surface area contributed by atoms with Crippen molar-refractivity contribution in [1.29, 1.82) is 0 Å². The van der Waals surface area contributed by atoms with Gasteiger partial charge in [0.1, 0.15) is 19.8 Å². The van der Waals surface area contributed by atoms with Gasteiger partial charge in [-0.3, -0.25) is 14.4 Å². The minimum absolute atomic E-state index is 0. The van der Waals surface area contributed by atoms with E-state index in [4.69, 9.17) is 0 Å². The van der Waals surface area contributed by atoms with Crippen LogP contribution in [0, 0.1) is 35.6 Å². The molecular formula is C18H30LaN3O12. The Labute approximate surface area is 225 Å². The number of likely N-dealkylation sites (N-methyl/N-ethyl adjacent to an activating group) is 3. The molecule has 0 spiro atoms. The van der Waals surface area contributed by atoms with Gasteiger partial charge in [-0.05, 0) is 0 Å². The molecule has 0 saturated carbocycles. The molecular weight excluding hydrogens is 589 g/mol. The molecule has 0 aromatic heterocycles. The van der Waals surface area contributed by atoms with Gasteiger partial charge in [0.2, 0.25) is 17.7 Å². The van der Waals surface area contributed by atoms with Crippen LogP contribution < -0.4 is 15.3 Å². The van der Waals surface area contributed by atoms with E-state index in [1.165, 1.54) is 14.7 Å². The number of carboxylic acids is 3. The van der Waals surface area contributed by atoms with E-state index in [9.17, 15) is 44.1 Å². The Balaban J connectivity index is -0.000000196. The molecule has 0 rings (SSSR count). The van der Waals surface area contributed by atoms with Gasteiger partial charge in [-0.1, -0.05) is 0 Å². The minimum atomic E-state index is -1.32. The predicted octanol–water partition coefficient (Wildman–Crippen LogP) is -6.48. The Morgan fingerprint density at radius 3 is 0.765 bits per heavy atom. The predicted molar refractivity (Wildman–Crippen MR) is 104 cm³/mol. The van der Waals surface area contributed by atoms with Crippen LogP contribution in [0.4, 0.5) is 0 Å². The summed E-state index contributed by atoms with van der Waals surface area (Å²) < 4.78 is 13.4. The van der Waals surface area contributed by atoms with Gasteiger partial charge in [0, 0.05) is 42.3 Å². The molecule has 3 amide bonds. The number of rotatable bonds is 12. The second-order valence-electron chi connectivity index (χ2n) is 6.46. The summed E-state index contributed by atoms with van der Waals surface area (Å²) in [4.78, 5) is 65.4. The molecule has 0 fully saturated rings. The van der Waals surface area contributed by atoms with Crippen LogP contribution in [0.1, 0.15) is 0 Å². The summed E-state index contributed by atoms with van der Waals surface area (Å²) in [6, 6.07) is 0. The average Bonchev–Trinajstić information content (AvgIpc) is 2.67. The Morgan fingerprint density at radius 2 is 0.647 bits per heavy atom. The van der Waals surface area contributed by atoms with Gasteiger partial charge in [-0.15, -0.1) is 0 Å². The molecule has 0 saturated heterocycles. The summed E-state index contributed by atoms with van der Waals surface area (Å²) in [6.45, 7) is -2.29. The third-order valence-corrected chi connectivity index (χ3v) is 2.83. The summed E-state index contributed by atoms with van der Waals surface area (Å²) in [6.07, 6.45) is 0. The summed E-state index contributed by atoms with van der Waals surface area (Å²) in [5.74, 6) is -4.78. The number of nitrogens with zero attached hydrogens (tertiary/aromatic N) is 3. The van der Waals surface area contributed by atoms with Gasteiger partial charge in [-0.2, -0.15) is 0 Å². The third kappa shape index (κ3) is 32.1. The Hall–Kier alpha value is -2.11. The monoisotopic (exact) mass is 619 g/mol. The van der Waals surface area contributed by atoms with E-state index in [1.807, 2.05) is 0 Å². The van der Waals surface area contributed by atoms with Crippen LogP contribution in [0.25, 0.3) is 0 Å². The van der Waals surface area contributed by atoms with Crippen LogP contribution in [-0.4, -0.2) is 132 Å². The Morgan fingerprint density at radius 1 is 0.471 bits per heavy atom. The number of carboxylic acid groups (broad SMARTS) is 3. The van der Waals surface area contributed by atoms with E-state index < -0.39 is 37.7 Å². The number of ether oxygens (including phenoxy) is 3. The van der Waals surface area contributed by atoms with Gasteiger partial charge in [0.25, 0.3) is 0 Å². The molecule has 15 nitrogen and oxygen atoms in total. The first-order chi connectivity index (χ1) is 15.1. The zero-order chi connectivity index (χ0) is 26.6. The van der Waals surface area contributed by atoms with Crippen LogP contribution in [0.5, 0.6) is 0 Å². The maximum Gasteiger partial charge on any atom is 3.00 e. The van der Waals surface area contributed by atoms with Gasteiger partial charge in [-0.25, -0.2) is 0 Å². The van der Waals surface area contributed by atoms with Crippen LogP contribution in [0.15, 0.2) is 0 Å². The summed E-state index contributed by atoms with van der Waals surface area (Å²) in [5, 5.41) is 29.4. The quantitative estimate of drug-likeness (QED) is 0.200. The fourth-order valence-corrected chi connectivity index (χ4v) is 1.05. The second kappa shape index (κ2) is 24.0. The fourth-order valence-electron chi connectivity index (χ4n) is 1.05. The van der Waals surface area contributed by atoms with Gasteiger partial charge in [0.05, 0.1) is 37.7 Å². The molecule has 16 heteroatoms. The van der Waals surface area contributed by atoms with E-state index in [0.29, 0.717) is 0 Å². The van der Waals surface area contributed by atoms with Crippen molar-refractivity contribution in [2.75, 3.05) is 81.9 Å². The zero-order valence-electron chi connectivity index (χ0n) is 20.1. The van der Waals surface area contributed by atoms with E-state index in [2.05, 4.69) is 14.2 Å². The zero-order valence-corrected chi connectivity index (χ0v) is 23.7. The van der Waals surface area contributed by atoms with E-state index in [-0.39, 0.29) is 73.1 Å². The molecule has 0 aromatic rings. The van der Waals surface area contributed by atoms with Crippen molar-refractivity contribution in [3.05, 3.63) is 0 Å². The Bertz CT molecular complexity index is 556. The first kappa shape index (κ1) is 39.1. The molecule has 0 bridgehead atoms. The molecule has 0 N–H and O–H groups in total. The molecule has 0 heterocycles. The topological polar surface area (TPSA) is 209 Å². The first-order valence-electron chi connectivity index (χ1n) is 9.04. The summed E-state index contributed by atoms with van der Waals surface area (Å²) in [7, 11) is 9.36. The maximum atomic E-state index is 10.7. The van der Waals surface area contributed by atoms with Crippen molar-refractivity contribution >= 4 is 35.6 Å². The number of amides is 3. The van der Waals surface area contributed by atoms with Crippen LogP contribution in [-0.2, 0) is 43.0 Å². The van der Waals surface area contributed by atoms with Gasteiger partial charge < -0.3 is 58.6 Å². The van der Waals surface area contributed by atoms with E-state index in [0.717, 1.165) is 0 Å². The third-order valence-electron chi connectivity index (χ3n) is 2.83. The van der Waals surface area contributed by atoms with Crippen molar-refractivity contribution in [2.45, 2.75) is 0 Å². The molecule has 0 aliphatic carbocycles. The molecule has 0 aliphatic heterocycles. The van der Waals surface area contributed by atoms with E-state index >= 15 is 0 Å². The second-order valence-corrected chi connectivity index (χ2v) is 6.46. The normalized spacial score (nSPS) is 9.00. The molecule has 0 aliphatic rings. The number of carbonyl (C=O) groups excluding carboxylic acids is 6.